The Kier molecular flexibility index (Phi) is 4.11. The fourth-order valence-corrected chi connectivity index (χ4v) is 1.93. The fourth-order valence-electron chi connectivity index (χ4n) is 1.93. The van der Waals surface area contributed by atoms with Crippen molar-refractivity contribution in [3.05, 3.63) is 30.4 Å². The Bertz CT molecular complexity index is 641. The monoisotopic (exact) mass is 314 g/mol. The predicted molar refractivity (Wildman–Crippen MR) is 73.8 cm³/mol. The van der Waals surface area contributed by atoms with E-state index >= 15 is 0 Å². The molecule has 0 unspecified atom stereocenters. The van der Waals surface area contributed by atoms with Crippen molar-refractivity contribution < 1.29 is 27.5 Å². The first-order chi connectivity index (χ1) is 10.2. The minimum Gasteiger partial charge on any atom is -0.481 e. The molecule has 0 saturated carbocycles. The summed E-state index contributed by atoms with van der Waals surface area (Å²) in [4.78, 5) is 24.2. The number of carbonyl (C=O) groups is 2. The fraction of sp³-hybridized carbons (Fsp3) is 0.286. The average Bonchev–Trinajstić information content (AvgIpc) is 2.40. The number of hydrogen-bond donors (Lipinski definition) is 1. The Balaban J connectivity index is 2.26. The molecule has 1 aliphatic heterocycles. The largest absolute Gasteiger partial charge is 0.481 e. The molecule has 2 amide bonds. The van der Waals surface area contributed by atoms with E-state index in [1.807, 2.05) is 0 Å². The summed E-state index contributed by atoms with van der Waals surface area (Å²) in [5.74, 6) is -2.12. The maximum absolute atomic E-state index is 12.2. The second kappa shape index (κ2) is 5.70. The van der Waals surface area contributed by atoms with Crippen LogP contribution in [0.1, 0.15) is 6.92 Å². The first-order valence-corrected chi connectivity index (χ1v) is 6.28. The second-order valence-electron chi connectivity index (χ2n) is 4.86. The normalized spacial score (nSPS) is 14.2. The van der Waals surface area contributed by atoms with E-state index < -0.39 is 12.1 Å². The van der Waals surface area contributed by atoms with Crippen LogP contribution in [0.25, 0.3) is 0 Å². The number of amides is 2. The molecule has 1 aromatic rings. The first kappa shape index (κ1) is 15.9. The van der Waals surface area contributed by atoms with Gasteiger partial charge < -0.3 is 15.0 Å². The standard InChI is InChI=1S/C14H13F3N2O3/c1-8(2)6-19-10-4-3-9(18-13(21)14(15,16)17)5-11(10)22-7-12(19)20/h3-5H,1,6-7H2,2H3,(H,18,21). The number of hydrogen-bond acceptors (Lipinski definition) is 3. The molecule has 0 atom stereocenters. The quantitative estimate of drug-likeness (QED) is 0.872. The van der Waals surface area contributed by atoms with Crippen LogP contribution in [0.4, 0.5) is 24.5 Å². The van der Waals surface area contributed by atoms with Crippen molar-refractivity contribution in [2.75, 3.05) is 23.4 Å². The summed E-state index contributed by atoms with van der Waals surface area (Å²) in [5.41, 5.74) is 1.10. The Hall–Kier alpha value is -2.51. The maximum Gasteiger partial charge on any atom is 0.471 e. The molecule has 0 saturated heterocycles. The van der Waals surface area contributed by atoms with Gasteiger partial charge in [0.2, 0.25) is 0 Å². The average molecular weight is 314 g/mol. The summed E-state index contributed by atoms with van der Waals surface area (Å²) in [6, 6.07) is 3.94. The van der Waals surface area contributed by atoms with Crippen LogP contribution in [0.2, 0.25) is 0 Å². The van der Waals surface area contributed by atoms with Crippen molar-refractivity contribution in [2.24, 2.45) is 0 Å². The molecule has 1 aromatic carbocycles. The zero-order valence-corrected chi connectivity index (χ0v) is 11.7. The molecule has 0 bridgehead atoms. The molecule has 22 heavy (non-hydrogen) atoms. The van der Waals surface area contributed by atoms with Crippen LogP contribution in [-0.2, 0) is 9.59 Å². The molecule has 8 heteroatoms. The van der Waals surface area contributed by atoms with Crippen LogP contribution in [0.15, 0.2) is 30.4 Å². The number of anilines is 2. The van der Waals surface area contributed by atoms with Crippen LogP contribution >= 0.6 is 0 Å². The van der Waals surface area contributed by atoms with E-state index in [2.05, 4.69) is 6.58 Å². The molecule has 5 nitrogen and oxygen atoms in total. The van der Waals surface area contributed by atoms with E-state index in [4.69, 9.17) is 4.74 Å². The molecule has 0 spiro atoms. The van der Waals surface area contributed by atoms with Crippen LogP contribution in [0.3, 0.4) is 0 Å². The summed E-state index contributed by atoms with van der Waals surface area (Å²) in [6.07, 6.45) is -4.97. The number of fused-ring (bicyclic) bond motifs is 1. The molecule has 1 N–H and O–H groups in total. The van der Waals surface area contributed by atoms with Crippen molar-refractivity contribution in [3.8, 4) is 5.75 Å². The van der Waals surface area contributed by atoms with Crippen molar-refractivity contribution in [1.29, 1.82) is 0 Å². The van der Waals surface area contributed by atoms with Gasteiger partial charge in [0.25, 0.3) is 5.91 Å². The third kappa shape index (κ3) is 3.38. The van der Waals surface area contributed by atoms with Crippen molar-refractivity contribution in [3.63, 3.8) is 0 Å². The van der Waals surface area contributed by atoms with Crippen LogP contribution in [-0.4, -0.2) is 31.1 Å². The topological polar surface area (TPSA) is 58.6 Å². The molecule has 1 aliphatic rings. The van der Waals surface area contributed by atoms with Crippen molar-refractivity contribution in [2.45, 2.75) is 13.1 Å². The molecule has 2 rings (SSSR count). The summed E-state index contributed by atoms with van der Waals surface area (Å²) in [6.45, 7) is 5.53. The van der Waals surface area contributed by atoms with E-state index in [1.54, 1.807) is 12.2 Å². The molecular formula is C14H13F3N2O3. The Labute approximate surface area is 124 Å². The number of ether oxygens (including phenoxy) is 1. The van der Waals surface area contributed by atoms with E-state index in [1.165, 1.54) is 23.1 Å². The van der Waals surface area contributed by atoms with Gasteiger partial charge in [-0.15, -0.1) is 0 Å². The lowest BCUT2D eigenvalue weighted by molar-refractivity contribution is -0.167. The molecule has 118 valence electrons. The summed E-state index contributed by atoms with van der Waals surface area (Å²) in [5, 5.41) is 1.73. The highest BCUT2D eigenvalue weighted by Gasteiger charge is 2.38. The second-order valence-corrected chi connectivity index (χ2v) is 4.86. The van der Waals surface area contributed by atoms with Gasteiger partial charge in [0.1, 0.15) is 5.75 Å². The highest BCUT2D eigenvalue weighted by atomic mass is 19.4. The highest BCUT2D eigenvalue weighted by Crippen LogP contribution is 2.35. The number of halogens is 3. The molecule has 0 aliphatic carbocycles. The van der Waals surface area contributed by atoms with Crippen LogP contribution in [0, 0.1) is 0 Å². The number of rotatable bonds is 3. The number of nitrogens with one attached hydrogen (secondary N) is 1. The number of benzene rings is 1. The molecule has 0 radical (unpaired) electrons. The van der Waals surface area contributed by atoms with Gasteiger partial charge in [-0.05, 0) is 19.1 Å². The van der Waals surface area contributed by atoms with Gasteiger partial charge in [0, 0.05) is 18.3 Å². The van der Waals surface area contributed by atoms with Crippen LogP contribution < -0.4 is 15.0 Å². The summed E-state index contributed by atoms with van der Waals surface area (Å²) in [7, 11) is 0. The SMILES string of the molecule is C=C(C)CN1C(=O)COc2cc(NC(=O)C(F)(F)F)ccc21. The Morgan fingerprint density at radius 1 is 1.45 bits per heavy atom. The summed E-state index contributed by atoms with van der Waals surface area (Å²) < 4.78 is 41.9. The van der Waals surface area contributed by atoms with Gasteiger partial charge in [-0.25, -0.2) is 0 Å². The third-order valence-corrected chi connectivity index (χ3v) is 2.85. The number of carbonyl (C=O) groups excluding carboxylic acids is 2. The van der Waals surface area contributed by atoms with Gasteiger partial charge in [0.15, 0.2) is 6.61 Å². The van der Waals surface area contributed by atoms with Crippen LogP contribution in [0.5, 0.6) is 5.75 Å². The minimum absolute atomic E-state index is 0.0642. The van der Waals surface area contributed by atoms with E-state index in [9.17, 15) is 22.8 Å². The molecule has 1 heterocycles. The highest BCUT2D eigenvalue weighted by molar-refractivity contribution is 6.00. The van der Waals surface area contributed by atoms with E-state index in [0.29, 0.717) is 5.69 Å². The zero-order chi connectivity index (χ0) is 16.5. The first-order valence-electron chi connectivity index (χ1n) is 6.28. The van der Waals surface area contributed by atoms with E-state index in [-0.39, 0.29) is 30.5 Å². The van der Waals surface area contributed by atoms with Crippen molar-refractivity contribution >= 4 is 23.2 Å². The molecule has 0 aromatic heterocycles. The molecular weight excluding hydrogens is 301 g/mol. The maximum atomic E-state index is 12.2. The summed E-state index contributed by atoms with van der Waals surface area (Å²) >= 11 is 0. The smallest absolute Gasteiger partial charge is 0.471 e. The van der Waals surface area contributed by atoms with Gasteiger partial charge >= 0.3 is 12.1 Å². The zero-order valence-electron chi connectivity index (χ0n) is 11.7. The lowest BCUT2D eigenvalue weighted by atomic mass is 10.2. The predicted octanol–water partition coefficient (Wildman–Crippen LogP) is 2.49. The Morgan fingerprint density at radius 2 is 2.14 bits per heavy atom. The lowest BCUT2D eigenvalue weighted by Crippen LogP contribution is -2.39. The van der Waals surface area contributed by atoms with Gasteiger partial charge in [-0.1, -0.05) is 12.2 Å². The number of nitrogens with zero attached hydrogens (tertiary/aromatic N) is 1. The molecule has 0 fully saturated rings. The lowest BCUT2D eigenvalue weighted by Gasteiger charge is -2.29. The van der Waals surface area contributed by atoms with Gasteiger partial charge in [-0.2, -0.15) is 13.2 Å². The van der Waals surface area contributed by atoms with Crippen molar-refractivity contribution in [1.82, 2.24) is 0 Å². The number of alkyl halides is 3. The van der Waals surface area contributed by atoms with Gasteiger partial charge in [0.05, 0.1) is 5.69 Å². The Morgan fingerprint density at radius 3 is 2.73 bits per heavy atom. The van der Waals surface area contributed by atoms with E-state index in [0.717, 1.165) is 5.57 Å². The third-order valence-electron chi connectivity index (χ3n) is 2.85. The minimum atomic E-state index is -4.97. The van der Waals surface area contributed by atoms with Gasteiger partial charge in [-0.3, -0.25) is 9.59 Å².